The van der Waals surface area contributed by atoms with Gasteiger partial charge >= 0.3 is 0 Å². The highest BCUT2D eigenvalue weighted by Crippen LogP contribution is 2.29. The minimum atomic E-state index is -0.320. The van der Waals surface area contributed by atoms with E-state index in [-0.39, 0.29) is 17.6 Å². The molecule has 1 aliphatic rings. The lowest BCUT2D eigenvalue weighted by molar-refractivity contribution is 0.102. The number of amides is 1. The van der Waals surface area contributed by atoms with Crippen molar-refractivity contribution in [1.82, 2.24) is 14.9 Å². The van der Waals surface area contributed by atoms with Crippen molar-refractivity contribution in [3.8, 4) is 0 Å². The lowest BCUT2D eigenvalue weighted by atomic mass is 10.1. The second-order valence-electron chi connectivity index (χ2n) is 6.75. The Kier molecular flexibility index (Phi) is 5.70. The van der Waals surface area contributed by atoms with Gasteiger partial charge in [0.05, 0.1) is 17.6 Å². The summed E-state index contributed by atoms with van der Waals surface area (Å²) in [6.45, 7) is 2.32. The number of nitrogens with one attached hydrogen (secondary N) is 1. The topological polar surface area (TPSA) is 113 Å². The first-order valence-corrected chi connectivity index (χ1v) is 9.41. The van der Waals surface area contributed by atoms with Crippen molar-refractivity contribution in [3.63, 3.8) is 0 Å². The second-order valence-corrected chi connectivity index (χ2v) is 7.87. The first-order valence-electron chi connectivity index (χ1n) is 8.60. The summed E-state index contributed by atoms with van der Waals surface area (Å²) in [6, 6.07) is 2.04. The normalized spacial score (nSPS) is 17.5. The number of carbonyl (C=O) groups excluding carboxylic acids is 1. The predicted molar refractivity (Wildman–Crippen MR) is 106 cm³/mol. The highest BCUT2D eigenvalue weighted by atomic mass is 32.1. The highest BCUT2D eigenvalue weighted by Gasteiger charge is 2.22. The van der Waals surface area contributed by atoms with Gasteiger partial charge in [-0.1, -0.05) is 11.3 Å². The molecule has 3 heterocycles. The van der Waals surface area contributed by atoms with Gasteiger partial charge in [0.1, 0.15) is 10.0 Å². The number of nitrogens with zero attached hydrogens (tertiary/aromatic N) is 4. The van der Waals surface area contributed by atoms with Gasteiger partial charge < -0.3 is 26.6 Å². The van der Waals surface area contributed by atoms with Crippen LogP contribution in [0.15, 0.2) is 18.5 Å². The Bertz CT molecular complexity index is 776. The molecule has 0 bridgehead atoms. The summed E-state index contributed by atoms with van der Waals surface area (Å²) in [4.78, 5) is 25.4. The smallest absolute Gasteiger partial charge is 0.277 e. The van der Waals surface area contributed by atoms with Crippen LogP contribution in [0.5, 0.6) is 0 Å². The van der Waals surface area contributed by atoms with Gasteiger partial charge in [0.15, 0.2) is 5.69 Å². The average Bonchev–Trinajstić information content (AvgIpc) is 2.95. The Morgan fingerprint density at radius 1 is 1.50 bits per heavy atom. The van der Waals surface area contributed by atoms with E-state index in [1.54, 1.807) is 12.4 Å². The van der Waals surface area contributed by atoms with E-state index in [0.717, 1.165) is 36.6 Å². The van der Waals surface area contributed by atoms with Crippen LogP contribution in [0.2, 0.25) is 0 Å². The number of nitrogen functional groups attached to an aromatic ring is 1. The number of thiazole rings is 1. The highest BCUT2D eigenvalue weighted by molar-refractivity contribution is 7.15. The summed E-state index contributed by atoms with van der Waals surface area (Å²) in [6.07, 6.45) is 5.42. The molecule has 140 valence electrons. The van der Waals surface area contributed by atoms with Crippen molar-refractivity contribution >= 4 is 33.6 Å². The molecule has 1 saturated heterocycles. The van der Waals surface area contributed by atoms with Crippen LogP contribution < -0.4 is 21.7 Å². The van der Waals surface area contributed by atoms with Crippen LogP contribution in [0.4, 0.5) is 16.4 Å². The lowest BCUT2D eigenvalue weighted by Crippen LogP contribution is -2.43. The monoisotopic (exact) mass is 375 g/mol. The molecular formula is C17H25N7OS. The van der Waals surface area contributed by atoms with Gasteiger partial charge in [-0.3, -0.25) is 9.78 Å². The van der Waals surface area contributed by atoms with E-state index in [1.807, 2.05) is 25.1 Å². The maximum atomic E-state index is 12.7. The van der Waals surface area contributed by atoms with Crippen LogP contribution in [0.1, 0.15) is 28.3 Å². The van der Waals surface area contributed by atoms with Crippen LogP contribution in [-0.4, -0.2) is 54.0 Å². The SMILES string of the molecule is CN(C)Cc1nc(C(=O)Nc2cnccc2N2CCCC(N)C2)c(N)s1. The number of piperidine rings is 1. The van der Waals surface area contributed by atoms with Crippen molar-refractivity contribution in [3.05, 3.63) is 29.2 Å². The molecule has 1 unspecified atom stereocenters. The van der Waals surface area contributed by atoms with E-state index in [4.69, 9.17) is 11.5 Å². The molecule has 1 aliphatic heterocycles. The molecule has 1 atom stereocenters. The first kappa shape index (κ1) is 18.6. The molecule has 0 saturated carbocycles. The van der Waals surface area contributed by atoms with E-state index in [0.29, 0.717) is 17.2 Å². The predicted octanol–water partition coefficient (Wildman–Crippen LogP) is 1.36. The molecule has 3 rings (SSSR count). The molecule has 2 aromatic rings. The zero-order chi connectivity index (χ0) is 18.7. The molecule has 8 nitrogen and oxygen atoms in total. The largest absolute Gasteiger partial charge is 0.389 e. The molecular weight excluding hydrogens is 350 g/mol. The number of aromatic nitrogens is 2. The third-order valence-corrected chi connectivity index (χ3v) is 5.08. The molecule has 1 amide bonds. The molecule has 9 heteroatoms. The molecule has 0 aliphatic carbocycles. The van der Waals surface area contributed by atoms with Crippen LogP contribution >= 0.6 is 11.3 Å². The van der Waals surface area contributed by atoms with Gasteiger partial charge in [-0.25, -0.2) is 4.98 Å². The number of carbonyl (C=O) groups is 1. The molecule has 0 aromatic carbocycles. The molecule has 0 radical (unpaired) electrons. The quantitative estimate of drug-likeness (QED) is 0.723. The van der Waals surface area contributed by atoms with Gasteiger partial charge in [0.2, 0.25) is 0 Å². The zero-order valence-corrected chi connectivity index (χ0v) is 15.9. The third-order valence-electron chi connectivity index (χ3n) is 4.21. The van der Waals surface area contributed by atoms with E-state index in [2.05, 4.69) is 20.2 Å². The molecule has 5 N–H and O–H groups in total. The maximum Gasteiger partial charge on any atom is 0.277 e. The minimum absolute atomic E-state index is 0.142. The van der Waals surface area contributed by atoms with Gasteiger partial charge in [-0.15, -0.1) is 0 Å². The van der Waals surface area contributed by atoms with Gasteiger partial charge in [-0.2, -0.15) is 0 Å². The van der Waals surface area contributed by atoms with Gasteiger partial charge in [-0.05, 0) is 33.0 Å². The number of nitrogens with two attached hydrogens (primary N) is 2. The van der Waals surface area contributed by atoms with Gasteiger partial charge in [0, 0.05) is 31.9 Å². The summed E-state index contributed by atoms with van der Waals surface area (Å²) < 4.78 is 0. The Labute approximate surface area is 157 Å². The number of pyridine rings is 1. The summed E-state index contributed by atoms with van der Waals surface area (Å²) >= 11 is 1.34. The summed E-state index contributed by atoms with van der Waals surface area (Å²) in [5.74, 6) is -0.320. The fourth-order valence-corrected chi connectivity index (χ4v) is 4.00. The first-order chi connectivity index (χ1) is 12.4. The van der Waals surface area contributed by atoms with Crippen molar-refractivity contribution in [2.75, 3.05) is 43.1 Å². The van der Waals surface area contributed by atoms with Gasteiger partial charge in [0.25, 0.3) is 5.91 Å². The Balaban J connectivity index is 1.79. The van der Waals surface area contributed by atoms with E-state index < -0.39 is 0 Å². The Morgan fingerprint density at radius 2 is 2.31 bits per heavy atom. The Morgan fingerprint density at radius 3 is 3.04 bits per heavy atom. The standard InChI is InChI=1S/C17H25N7OS/c1-23(2)10-14-22-15(16(19)26-14)17(25)21-12-8-20-6-5-13(12)24-7-3-4-11(18)9-24/h5-6,8,11H,3-4,7,9-10,18-19H2,1-2H3,(H,21,25). The number of hydrogen-bond acceptors (Lipinski definition) is 8. The van der Waals surface area contributed by atoms with Crippen molar-refractivity contribution < 1.29 is 4.79 Å². The molecule has 1 fully saturated rings. The Hall–Kier alpha value is -2.23. The molecule has 0 spiro atoms. The molecule has 2 aromatic heterocycles. The van der Waals surface area contributed by atoms with Crippen LogP contribution in [0.3, 0.4) is 0 Å². The second kappa shape index (κ2) is 7.98. The van der Waals surface area contributed by atoms with E-state index in [1.165, 1.54) is 11.3 Å². The number of rotatable bonds is 5. The minimum Gasteiger partial charge on any atom is -0.389 e. The van der Waals surface area contributed by atoms with Crippen molar-refractivity contribution in [2.24, 2.45) is 5.73 Å². The fourth-order valence-electron chi connectivity index (χ4n) is 3.05. The maximum absolute atomic E-state index is 12.7. The summed E-state index contributed by atoms with van der Waals surface area (Å²) in [5, 5.41) is 4.15. The lowest BCUT2D eigenvalue weighted by Gasteiger charge is -2.33. The van der Waals surface area contributed by atoms with E-state index >= 15 is 0 Å². The third kappa shape index (κ3) is 4.29. The number of hydrogen-bond donors (Lipinski definition) is 3. The van der Waals surface area contributed by atoms with Crippen LogP contribution in [0, 0.1) is 0 Å². The molecule has 26 heavy (non-hydrogen) atoms. The van der Waals surface area contributed by atoms with Crippen molar-refractivity contribution in [2.45, 2.75) is 25.4 Å². The summed E-state index contributed by atoms with van der Waals surface area (Å²) in [5.41, 5.74) is 13.9. The van der Waals surface area contributed by atoms with Crippen LogP contribution in [-0.2, 0) is 6.54 Å². The van der Waals surface area contributed by atoms with Crippen LogP contribution in [0.25, 0.3) is 0 Å². The average molecular weight is 376 g/mol. The zero-order valence-electron chi connectivity index (χ0n) is 15.1. The summed E-state index contributed by atoms with van der Waals surface area (Å²) in [7, 11) is 3.89. The number of anilines is 3. The van der Waals surface area contributed by atoms with E-state index in [9.17, 15) is 4.79 Å². The fraction of sp³-hybridized carbons (Fsp3) is 0.471. The van der Waals surface area contributed by atoms with Crippen molar-refractivity contribution in [1.29, 1.82) is 0 Å².